The van der Waals surface area contributed by atoms with Crippen LogP contribution in [0.1, 0.15) is 53.9 Å². The molecular formula is C22H30O7. The van der Waals surface area contributed by atoms with E-state index < -0.39 is 35.8 Å². The molecule has 3 aliphatic rings. The van der Waals surface area contributed by atoms with E-state index in [9.17, 15) is 14.4 Å². The minimum absolute atomic E-state index is 0.135. The highest BCUT2D eigenvalue weighted by molar-refractivity contribution is 5.91. The zero-order valence-corrected chi connectivity index (χ0v) is 17.7. The molecule has 0 bridgehead atoms. The van der Waals surface area contributed by atoms with E-state index in [-0.39, 0.29) is 29.5 Å². The maximum absolute atomic E-state index is 12.4. The Hall–Kier alpha value is -2.15. The number of epoxide rings is 1. The first-order valence-electron chi connectivity index (χ1n) is 10.1. The van der Waals surface area contributed by atoms with Crippen LogP contribution in [0.2, 0.25) is 0 Å². The van der Waals surface area contributed by atoms with E-state index in [0.717, 1.165) is 5.57 Å². The molecule has 160 valence electrons. The third-order valence-electron chi connectivity index (χ3n) is 5.83. The summed E-state index contributed by atoms with van der Waals surface area (Å²) in [6.45, 7) is 12.9. The summed E-state index contributed by atoms with van der Waals surface area (Å²) >= 11 is 0. The Kier molecular flexibility index (Phi) is 5.90. The van der Waals surface area contributed by atoms with Gasteiger partial charge in [-0.15, -0.1) is 0 Å². The third-order valence-corrected chi connectivity index (χ3v) is 5.83. The summed E-state index contributed by atoms with van der Waals surface area (Å²) in [5.74, 6) is -1.55. The SMILES string of the molecule is C=C1C(=O)O[C@H]2/C=C(/C)[C@H](OC(C)=O)C[C@H]3O[C@@]3(C)C[C@H](OC(=O)CC(C)C)[C@@H]12. The van der Waals surface area contributed by atoms with Gasteiger partial charge in [-0.05, 0) is 31.4 Å². The Morgan fingerprint density at radius 3 is 2.66 bits per heavy atom. The van der Waals surface area contributed by atoms with Gasteiger partial charge < -0.3 is 18.9 Å². The van der Waals surface area contributed by atoms with Crippen molar-refractivity contribution in [1.82, 2.24) is 0 Å². The molecule has 0 spiro atoms. The summed E-state index contributed by atoms with van der Waals surface area (Å²) < 4.78 is 22.8. The zero-order valence-electron chi connectivity index (χ0n) is 17.7. The molecule has 7 heteroatoms. The van der Waals surface area contributed by atoms with Crippen molar-refractivity contribution in [3.8, 4) is 0 Å². The third kappa shape index (κ3) is 4.71. The van der Waals surface area contributed by atoms with Crippen LogP contribution in [0.3, 0.4) is 0 Å². The number of ether oxygens (including phenoxy) is 4. The first-order valence-corrected chi connectivity index (χ1v) is 10.1. The van der Waals surface area contributed by atoms with Crippen molar-refractivity contribution in [2.75, 3.05) is 0 Å². The van der Waals surface area contributed by atoms with Crippen LogP contribution in [-0.2, 0) is 33.3 Å². The van der Waals surface area contributed by atoms with E-state index in [1.165, 1.54) is 6.92 Å². The van der Waals surface area contributed by atoms with Gasteiger partial charge in [0.15, 0.2) is 0 Å². The van der Waals surface area contributed by atoms with E-state index in [1.807, 2.05) is 27.7 Å². The number of carbonyl (C=O) groups is 3. The van der Waals surface area contributed by atoms with Crippen molar-refractivity contribution < 1.29 is 33.3 Å². The second kappa shape index (κ2) is 7.94. The first-order chi connectivity index (χ1) is 13.5. The lowest BCUT2D eigenvalue weighted by Gasteiger charge is -2.29. The second-order valence-corrected chi connectivity index (χ2v) is 8.91. The van der Waals surface area contributed by atoms with Gasteiger partial charge >= 0.3 is 17.9 Å². The maximum atomic E-state index is 12.4. The summed E-state index contributed by atoms with van der Waals surface area (Å²) in [6.07, 6.45) is 1.16. The predicted octanol–water partition coefficient (Wildman–Crippen LogP) is 2.87. The lowest BCUT2D eigenvalue weighted by Crippen LogP contribution is -2.38. The van der Waals surface area contributed by atoms with Crippen molar-refractivity contribution >= 4 is 17.9 Å². The second-order valence-electron chi connectivity index (χ2n) is 8.91. The Morgan fingerprint density at radius 1 is 1.34 bits per heavy atom. The highest BCUT2D eigenvalue weighted by Crippen LogP contribution is 2.48. The van der Waals surface area contributed by atoms with E-state index in [4.69, 9.17) is 18.9 Å². The number of rotatable bonds is 4. The smallest absolute Gasteiger partial charge is 0.334 e. The van der Waals surface area contributed by atoms with Gasteiger partial charge in [-0.3, -0.25) is 9.59 Å². The van der Waals surface area contributed by atoms with Crippen LogP contribution < -0.4 is 0 Å². The van der Waals surface area contributed by atoms with E-state index in [2.05, 4.69) is 6.58 Å². The van der Waals surface area contributed by atoms with Crippen LogP contribution in [-0.4, -0.2) is 47.9 Å². The minimum atomic E-state index is -0.635. The molecule has 3 rings (SSSR count). The molecular weight excluding hydrogens is 376 g/mol. The Balaban J connectivity index is 1.94. The van der Waals surface area contributed by atoms with Crippen molar-refractivity contribution in [3.63, 3.8) is 0 Å². The molecule has 0 unspecified atom stereocenters. The molecule has 0 aromatic rings. The van der Waals surface area contributed by atoms with Crippen molar-refractivity contribution in [3.05, 3.63) is 23.8 Å². The molecule has 7 nitrogen and oxygen atoms in total. The van der Waals surface area contributed by atoms with Crippen LogP contribution in [0.4, 0.5) is 0 Å². The largest absolute Gasteiger partial charge is 0.461 e. The van der Waals surface area contributed by atoms with Gasteiger partial charge in [0.1, 0.15) is 18.3 Å². The summed E-state index contributed by atoms with van der Waals surface area (Å²) in [5.41, 5.74) is 0.520. The number of fused-ring (bicyclic) bond motifs is 2. The lowest BCUT2D eigenvalue weighted by atomic mass is 9.82. The Bertz CT molecular complexity index is 752. The molecule has 29 heavy (non-hydrogen) atoms. The minimum Gasteiger partial charge on any atom is -0.461 e. The van der Waals surface area contributed by atoms with Gasteiger partial charge in [0.05, 0.1) is 17.6 Å². The van der Waals surface area contributed by atoms with E-state index >= 15 is 0 Å². The van der Waals surface area contributed by atoms with Crippen LogP contribution in [0.15, 0.2) is 23.8 Å². The van der Waals surface area contributed by atoms with Gasteiger partial charge in [-0.1, -0.05) is 20.4 Å². The zero-order chi connectivity index (χ0) is 21.5. The van der Waals surface area contributed by atoms with Crippen LogP contribution in [0.5, 0.6) is 0 Å². The standard InChI is InChI=1S/C22H30O7/c1-11(2)7-19(24)27-17-10-22(6)18(29-22)9-15(26-14(5)23)12(3)8-16-20(17)13(4)21(25)28-16/h8,11,15-18,20H,4,7,9-10H2,1-3,5-6H3/b12-8-/t15-,16+,17+,18-,20+,22+/m1/s1. The van der Waals surface area contributed by atoms with Gasteiger partial charge in [0.2, 0.25) is 0 Å². The highest BCUT2D eigenvalue weighted by atomic mass is 16.6. The summed E-state index contributed by atoms with van der Waals surface area (Å²) in [7, 11) is 0. The van der Waals surface area contributed by atoms with E-state index in [0.29, 0.717) is 19.3 Å². The molecule has 2 fully saturated rings. The van der Waals surface area contributed by atoms with Crippen molar-refractivity contribution in [1.29, 1.82) is 0 Å². The molecule has 2 heterocycles. The molecule has 0 radical (unpaired) electrons. The number of carbonyl (C=O) groups excluding carboxylic acids is 3. The molecule has 6 atom stereocenters. The molecule has 0 amide bonds. The van der Waals surface area contributed by atoms with Gasteiger partial charge in [-0.25, -0.2) is 4.79 Å². The lowest BCUT2D eigenvalue weighted by molar-refractivity contribution is -0.154. The first kappa shape index (κ1) is 21.6. The summed E-state index contributed by atoms with van der Waals surface area (Å²) in [5, 5.41) is 0. The average Bonchev–Trinajstić information content (AvgIpc) is 3.11. The number of esters is 3. The fraction of sp³-hybridized carbons (Fsp3) is 0.682. The van der Waals surface area contributed by atoms with Gasteiger partial charge in [0, 0.05) is 31.8 Å². The fourth-order valence-corrected chi connectivity index (χ4v) is 4.23. The van der Waals surface area contributed by atoms with Gasteiger partial charge in [-0.2, -0.15) is 0 Å². The normalized spacial score (nSPS) is 38.3. The van der Waals surface area contributed by atoms with Crippen molar-refractivity contribution in [2.24, 2.45) is 11.8 Å². The Labute approximate surface area is 171 Å². The summed E-state index contributed by atoms with van der Waals surface area (Å²) in [6, 6.07) is 0. The number of hydrogen-bond acceptors (Lipinski definition) is 7. The quantitative estimate of drug-likeness (QED) is 0.233. The van der Waals surface area contributed by atoms with E-state index in [1.54, 1.807) is 6.08 Å². The van der Waals surface area contributed by atoms with Gasteiger partial charge in [0.25, 0.3) is 0 Å². The van der Waals surface area contributed by atoms with Crippen LogP contribution in [0, 0.1) is 11.8 Å². The summed E-state index contributed by atoms with van der Waals surface area (Å²) in [4.78, 5) is 36.3. The molecule has 2 saturated heterocycles. The molecule has 0 aromatic heterocycles. The molecule has 0 N–H and O–H groups in total. The Morgan fingerprint density at radius 2 is 2.03 bits per heavy atom. The molecule has 2 aliphatic heterocycles. The monoisotopic (exact) mass is 406 g/mol. The van der Waals surface area contributed by atoms with Crippen LogP contribution >= 0.6 is 0 Å². The molecule has 0 saturated carbocycles. The highest BCUT2D eigenvalue weighted by Gasteiger charge is 2.58. The topological polar surface area (TPSA) is 91.4 Å². The molecule has 1 aliphatic carbocycles. The fourth-order valence-electron chi connectivity index (χ4n) is 4.23. The predicted molar refractivity (Wildman–Crippen MR) is 104 cm³/mol. The van der Waals surface area contributed by atoms with Crippen LogP contribution in [0.25, 0.3) is 0 Å². The number of hydrogen-bond donors (Lipinski definition) is 0. The molecule has 0 aromatic carbocycles. The maximum Gasteiger partial charge on any atom is 0.334 e. The van der Waals surface area contributed by atoms with Crippen molar-refractivity contribution in [2.45, 2.75) is 83.9 Å². The average molecular weight is 406 g/mol.